The standard InChI is InChI=1S/C12H13N3O2S/c1-7-11(18-6-15-7)5-14-10-3-2-8(12(16)17)4-9(10)13/h2-4,6,14H,5,13H2,1H3,(H,16,17). The van der Waals surface area contributed by atoms with Gasteiger partial charge < -0.3 is 16.2 Å². The number of thiazole rings is 1. The summed E-state index contributed by atoms with van der Waals surface area (Å²) in [6, 6.07) is 4.65. The summed E-state index contributed by atoms with van der Waals surface area (Å²) in [5, 5.41) is 12.0. The summed E-state index contributed by atoms with van der Waals surface area (Å²) in [4.78, 5) is 16.1. The number of nitrogens with one attached hydrogen (secondary N) is 1. The van der Waals surface area contributed by atoms with Crippen molar-refractivity contribution in [2.75, 3.05) is 11.1 Å². The van der Waals surface area contributed by atoms with E-state index in [1.165, 1.54) is 12.1 Å². The van der Waals surface area contributed by atoms with Gasteiger partial charge in [0.15, 0.2) is 0 Å². The summed E-state index contributed by atoms with van der Waals surface area (Å²) >= 11 is 1.57. The maximum absolute atomic E-state index is 10.8. The van der Waals surface area contributed by atoms with Gasteiger partial charge >= 0.3 is 5.97 Å². The zero-order valence-electron chi connectivity index (χ0n) is 9.80. The van der Waals surface area contributed by atoms with Crippen LogP contribution in [0.2, 0.25) is 0 Å². The van der Waals surface area contributed by atoms with E-state index in [4.69, 9.17) is 10.8 Å². The number of nitrogens with zero attached hydrogens (tertiary/aromatic N) is 1. The van der Waals surface area contributed by atoms with Crippen molar-refractivity contribution in [3.63, 3.8) is 0 Å². The first-order chi connectivity index (χ1) is 8.58. The minimum Gasteiger partial charge on any atom is -0.478 e. The normalized spacial score (nSPS) is 10.3. The molecular weight excluding hydrogens is 250 g/mol. The number of nitrogen functional groups attached to an aromatic ring is 1. The molecule has 1 aromatic heterocycles. The first-order valence-electron chi connectivity index (χ1n) is 5.33. The second-order valence-corrected chi connectivity index (χ2v) is 4.76. The van der Waals surface area contributed by atoms with Gasteiger partial charge in [-0.2, -0.15) is 0 Å². The van der Waals surface area contributed by atoms with Crippen molar-refractivity contribution < 1.29 is 9.90 Å². The van der Waals surface area contributed by atoms with Crippen LogP contribution in [0, 0.1) is 6.92 Å². The number of carbonyl (C=O) groups is 1. The summed E-state index contributed by atoms with van der Waals surface area (Å²) in [7, 11) is 0. The van der Waals surface area contributed by atoms with Crippen LogP contribution in [0.25, 0.3) is 0 Å². The van der Waals surface area contributed by atoms with Crippen LogP contribution in [0.15, 0.2) is 23.7 Å². The zero-order chi connectivity index (χ0) is 13.1. The molecule has 0 unspecified atom stereocenters. The van der Waals surface area contributed by atoms with E-state index < -0.39 is 5.97 Å². The van der Waals surface area contributed by atoms with Crippen LogP contribution in [-0.4, -0.2) is 16.1 Å². The van der Waals surface area contributed by atoms with Crippen molar-refractivity contribution in [1.29, 1.82) is 0 Å². The molecule has 0 spiro atoms. The fourth-order valence-electron chi connectivity index (χ4n) is 1.53. The fourth-order valence-corrected chi connectivity index (χ4v) is 2.24. The zero-order valence-corrected chi connectivity index (χ0v) is 10.6. The van der Waals surface area contributed by atoms with Crippen LogP contribution in [-0.2, 0) is 6.54 Å². The molecule has 0 aliphatic carbocycles. The Bertz CT molecular complexity index is 580. The number of aromatic carboxylic acids is 1. The molecular formula is C12H13N3O2S. The maximum atomic E-state index is 10.8. The Hall–Kier alpha value is -2.08. The quantitative estimate of drug-likeness (QED) is 0.737. The molecule has 0 saturated heterocycles. The van der Waals surface area contributed by atoms with Crippen molar-refractivity contribution in [3.8, 4) is 0 Å². The SMILES string of the molecule is Cc1ncsc1CNc1ccc(C(=O)O)cc1N. The van der Waals surface area contributed by atoms with Gasteiger partial charge in [0.2, 0.25) is 0 Å². The first kappa shape index (κ1) is 12.4. The van der Waals surface area contributed by atoms with E-state index in [1.54, 1.807) is 22.9 Å². The van der Waals surface area contributed by atoms with Gasteiger partial charge in [-0.15, -0.1) is 11.3 Å². The molecule has 6 heteroatoms. The molecule has 1 aromatic carbocycles. The van der Waals surface area contributed by atoms with Crippen molar-refractivity contribution in [3.05, 3.63) is 39.8 Å². The molecule has 4 N–H and O–H groups in total. The molecule has 0 aliphatic heterocycles. The van der Waals surface area contributed by atoms with Crippen molar-refractivity contribution in [2.45, 2.75) is 13.5 Å². The highest BCUT2D eigenvalue weighted by Crippen LogP contribution is 2.22. The van der Waals surface area contributed by atoms with Crippen LogP contribution < -0.4 is 11.1 Å². The lowest BCUT2D eigenvalue weighted by atomic mass is 10.1. The second kappa shape index (κ2) is 5.05. The van der Waals surface area contributed by atoms with Crippen LogP contribution in [0.1, 0.15) is 20.9 Å². The molecule has 94 valence electrons. The van der Waals surface area contributed by atoms with Gasteiger partial charge in [0.1, 0.15) is 0 Å². The molecule has 0 atom stereocenters. The van der Waals surface area contributed by atoms with Gasteiger partial charge in [0, 0.05) is 4.88 Å². The number of anilines is 2. The Morgan fingerprint density at radius 1 is 1.56 bits per heavy atom. The average molecular weight is 263 g/mol. The van der Waals surface area contributed by atoms with Gasteiger partial charge in [-0.25, -0.2) is 9.78 Å². The lowest BCUT2D eigenvalue weighted by molar-refractivity contribution is 0.0697. The van der Waals surface area contributed by atoms with Crippen molar-refractivity contribution >= 4 is 28.7 Å². The molecule has 0 saturated carbocycles. The van der Waals surface area contributed by atoms with Crippen LogP contribution in [0.3, 0.4) is 0 Å². The molecule has 2 aromatic rings. The average Bonchev–Trinajstić information content (AvgIpc) is 2.73. The van der Waals surface area contributed by atoms with Crippen LogP contribution >= 0.6 is 11.3 Å². The predicted molar refractivity (Wildman–Crippen MR) is 72.0 cm³/mol. The number of hydrogen-bond donors (Lipinski definition) is 3. The van der Waals surface area contributed by atoms with Gasteiger partial charge in [-0.3, -0.25) is 0 Å². The topological polar surface area (TPSA) is 88.2 Å². The second-order valence-electron chi connectivity index (χ2n) is 3.82. The highest BCUT2D eigenvalue weighted by Gasteiger charge is 2.07. The van der Waals surface area contributed by atoms with Gasteiger partial charge in [0.05, 0.1) is 34.7 Å². The predicted octanol–water partition coefficient (Wildman–Crippen LogP) is 2.34. The number of benzene rings is 1. The summed E-state index contributed by atoms with van der Waals surface area (Å²) in [5.41, 5.74) is 9.93. The largest absolute Gasteiger partial charge is 0.478 e. The third-order valence-corrected chi connectivity index (χ3v) is 3.52. The Labute approximate surface area is 108 Å². The van der Waals surface area contributed by atoms with Crippen molar-refractivity contribution in [1.82, 2.24) is 4.98 Å². The Balaban J connectivity index is 2.11. The fraction of sp³-hybridized carbons (Fsp3) is 0.167. The number of nitrogens with two attached hydrogens (primary N) is 1. The summed E-state index contributed by atoms with van der Waals surface area (Å²) in [6.45, 7) is 2.58. The third-order valence-electron chi connectivity index (χ3n) is 2.58. The van der Waals surface area contributed by atoms with Crippen molar-refractivity contribution in [2.24, 2.45) is 0 Å². The van der Waals surface area contributed by atoms with Gasteiger partial charge in [-0.1, -0.05) is 0 Å². The number of aromatic nitrogens is 1. The molecule has 2 rings (SSSR count). The van der Waals surface area contributed by atoms with E-state index in [1.807, 2.05) is 6.92 Å². The van der Waals surface area contributed by atoms with E-state index in [0.717, 1.165) is 16.3 Å². The summed E-state index contributed by atoms with van der Waals surface area (Å²) < 4.78 is 0. The maximum Gasteiger partial charge on any atom is 0.335 e. The number of rotatable bonds is 4. The van der Waals surface area contributed by atoms with E-state index in [-0.39, 0.29) is 5.56 Å². The molecule has 5 nitrogen and oxygen atoms in total. The van der Waals surface area contributed by atoms with Crippen LogP contribution in [0.4, 0.5) is 11.4 Å². The van der Waals surface area contributed by atoms with Gasteiger partial charge in [-0.05, 0) is 25.1 Å². The molecule has 0 aliphatic rings. The minimum absolute atomic E-state index is 0.187. The summed E-state index contributed by atoms with van der Waals surface area (Å²) in [6.07, 6.45) is 0. The lowest BCUT2D eigenvalue weighted by Gasteiger charge is -2.09. The highest BCUT2D eigenvalue weighted by molar-refractivity contribution is 7.09. The highest BCUT2D eigenvalue weighted by atomic mass is 32.1. The monoisotopic (exact) mass is 263 g/mol. The first-order valence-corrected chi connectivity index (χ1v) is 6.21. The third kappa shape index (κ3) is 2.60. The van der Waals surface area contributed by atoms with Crippen LogP contribution in [0.5, 0.6) is 0 Å². The Morgan fingerprint density at radius 2 is 2.33 bits per heavy atom. The Morgan fingerprint density at radius 3 is 2.89 bits per heavy atom. The number of aryl methyl sites for hydroxylation is 1. The molecule has 18 heavy (non-hydrogen) atoms. The van der Waals surface area contributed by atoms with E-state index in [2.05, 4.69) is 10.3 Å². The van der Waals surface area contributed by atoms with E-state index in [0.29, 0.717) is 12.2 Å². The smallest absolute Gasteiger partial charge is 0.335 e. The number of carboxylic acids is 1. The molecule has 0 radical (unpaired) electrons. The van der Waals surface area contributed by atoms with Gasteiger partial charge in [0.25, 0.3) is 0 Å². The molecule has 0 fully saturated rings. The lowest BCUT2D eigenvalue weighted by Crippen LogP contribution is -2.04. The summed E-state index contributed by atoms with van der Waals surface area (Å²) in [5.74, 6) is -0.980. The van der Waals surface area contributed by atoms with E-state index in [9.17, 15) is 4.79 Å². The molecule has 0 amide bonds. The Kier molecular flexibility index (Phi) is 3.47. The minimum atomic E-state index is -0.980. The molecule has 0 bridgehead atoms. The molecule has 1 heterocycles. The number of carboxylic acid groups (broad SMARTS) is 1. The van der Waals surface area contributed by atoms with E-state index >= 15 is 0 Å². The number of hydrogen-bond acceptors (Lipinski definition) is 5.